The molecule has 4 heteroatoms. The van der Waals surface area contributed by atoms with Crippen LogP contribution in [0.4, 0.5) is 13.2 Å². The van der Waals surface area contributed by atoms with E-state index >= 15 is 0 Å². The number of alkyl halides is 3. The molecule has 0 saturated heterocycles. The third-order valence-corrected chi connectivity index (χ3v) is 8.06. The molecular formula is C37H21F3O. The smallest absolute Gasteiger partial charge is 0.406 e. The zero-order valence-corrected chi connectivity index (χ0v) is 21.7. The summed E-state index contributed by atoms with van der Waals surface area (Å²) in [6, 6.07) is 42.5. The molecule has 0 aliphatic rings. The van der Waals surface area contributed by atoms with Crippen molar-refractivity contribution >= 4 is 53.9 Å². The highest BCUT2D eigenvalue weighted by atomic mass is 19.4. The second-order valence-corrected chi connectivity index (χ2v) is 10.4. The molecule has 8 rings (SSSR count). The SMILES string of the molecule is FC(F)(F)Oc1ccc(-c2c3ccccc3c(-c3cc4ccc5cccc6ccc(c3)c4c56)c3ccccc23)cc1. The van der Waals surface area contributed by atoms with Crippen LogP contribution >= 0.6 is 0 Å². The van der Waals surface area contributed by atoms with E-state index in [-0.39, 0.29) is 5.75 Å². The van der Waals surface area contributed by atoms with Crippen molar-refractivity contribution in [3.63, 3.8) is 0 Å². The predicted octanol–water partition coefficient (Wildman–Crippen LogP) is 11.1. The molecule has 0 bridgehead atoms. The normalized spacial score (nSPS) is 12.3. The van der Waals surface area contributed by atoms with E-state index in [9.17, 15) is 13.2 Å². The van der Waals surface area contributed by atoms with Gasteiger partial charge in [0.15, 0.2) is 0 Å². The Morgan fingerprint density at radius 2 is 0.854 bits per heavy atom. The van der Waals surface area contributed by atoms with Crippen LogP contribution in [-0.4, -0.2) is 6.36 Å². The molecule has 0 atom stereocenters. The van der Waals surface area contributed by atoms with Crippen molar-refractivity contribution in [3.05, 3.63) is 127 Å². The van der Waals surface area contributed by atoms with Crippen LogP contribution in [0.5, 0.6) is 5.75 Å². The fourth-order valence-electron chi connectivity index (χ4n) is 6.47. The van der Waals surface area contributed by atoms with Gasteiger partial charge in [-0.15, -0.1) is 13.2 Å². The second kappa shape index (κ2) is 8.70. The van der Waals surface area contributed by atoms with Crippen LogP contribution in [0.1, 0.15) is 0 Å². The molecule has 196 valence electrons. The molecule has 1 nitrogen and oxygen atoms in total. The third kappa shape index (κ3) is 3.79. The highest BCUT2D eigenvalue weighted by Gasteiger charge is 2.31. The van der Waals surface area contributed by atoms with Crippen LogP contribution in [0.3, 0.4) is 0 Å². The average molecular weight is 539 g/mol. The molecule has 0 aliphatic carbocycles. The molecule has 41 heavy (non-hydrogen) atoms. The maximum Gasteiger partial charge on any atom is 0.573 e. The van der Waals surface area contributed by atoms with Gasteiger partial charge in [-0.3, -0.25) is 0 Å². The minimum Gasteiger partial charge on any atom is -0.406 e. The number of halogens is 3. The van der Waals surface area contributed by atoms with Crippen molar-refractivity contribution in [1.29, 1.82) is 0 Å². The Bertz CT molecular complexity index is 2140. The maximum atomic E-state index is 12.8. The van der Waals surface area contributed by atoms with E-state index in [2.05, 4.69) is 83.6 Å². The number of hydrogen-bond acceptors (Lipinski definition) is 1. The van der Waals surface area contributed by atoms with Gasteiger partial charge < -0.3 is 4.74 Å². The summed E-state index contributed by atoms with van der Waals surface area (Å²) in [7, 11) is 0. The van der Waals surface area contributed by atoms with Crippen LogP contribution in [-0.2, 0) is 0 Å². The molecule has 0 unspecified atom stereocenters. The summed E-state index contributed by atoms with van der Waals surface area (Å²) in [5, 5.41) is 11.7. The zero-order chi connectivity index (χ0) is 27.7. The van der Waals surface area contributed by atoms with Gasteiger partial charge in [0, 0.05) is 0 Å². The summed E-state index contributed by atoms with van der Waals surface area (Å²) in [5.74, 6) is -0.236. The summed E-state index contributed by atoms with van der Waals surface area (Å²) in [6.45, 7) is 0. The van der Waals surface area contributed by atoms with Gasteiger partial charge in [0.05, 0.1) is 0 Å². The van der Waals surface area contributed by atoms with Crippen molar-refractivity contribution in [2.75, 3.05) is 0 Å². The quantitative estimate of drug-likeness (QED) is 0.161. The lowest BCUT2D eigenvalue weighted by Crippen LogP contribution is -2.16. The minimum atomic E-state index is -4.73. The first-order chi connectivity index (χ1) is 19.9. The topological polar surface area (TPSA) is 9.23 Å². The zero-order valence-electron chi connectivity index (χ0n) is 21.7. The summed E-state index contributed by atoms with van der Waals surface area (Å²) < 4.78 is 42.5. The van der Waals surface area contributed by atoms with Gasteiger partial charge in [-0.25, -0.2) is 0 Å². The molecule has 0 saturated carbocycles. The van der Waals surface area contributed by atoms with Gasteiger partial charge in [0.25, 0.3) is 0 Å². The second-order valence-electron chi connectivity index (χ2n) is 10.4. The fourth-order valence-corrected chi connectivity index (χ4v) is 6.47. The first-order valence-electron chi connectivity index (χ1n) is 13.4. The van der Waals surface area contributed by atoms with E-state index in [1.807, 2.05) is 24.3 Å². The van der Waals surface area contributed by atoms with Crippen molar-refractivity contribution < 1.29 is 17.9 Å². The Hall–Kier alpha value is -5.09. The molecule has 0 spiro atoms. The van der Waals surface area contributed by atoms with Gasteiger partial charge in [-0.2, -0.15) is 0 Å². The van der Waals surface area contributed by atoms with Crippen LogP contribution in [0, 0.1) is 0 Å². The number of fused-ring (bicyclic) bond motifs is 2. The van der Waals surface area contributed by atoms with E-state index in [0.29, 0.717) is 0 Å². The number of hydrogen-bond donors (Lipinski definition) is 0. The summed E-state index contributed by atoms with van der Waals surface area (Å²) in [5.41, 5.74) is 4.08. The van der Waals surface area contributed by atoms with Crippen LogP contribution in [0.25, 0.3) is 76.1 Å². The number of benzene rings is 8. The van der Waals surface area contributed by atoms with Crippen LogP contribution < -0.4 is 4.74 Å². The molecule has 0 amide bonds. The van der Waals surface area contributed by atoms with Crippen molar-refractivity contribution in [2.45, 2.75) is 6.36 Å². The lowest BCUT2D eigenvalue weighted by Gasteiger charge is -2.19. The Kier molecular flexibility index (Phi) is 5.05. The molecule has 0 radical (unpaired) electrons. The molecular weight excluding hydrogens is 517 g/mol. The molecule has 8 aromatic rings. The van der Waals surface area contributed by atoms with Crippen LogP contribution in [0.15, 0.2) is 127 Å². The Morgan fingerprint density at radius 3 is 1.34 bits per heavy atom. The van der Waals surface area contributed by atoms with E-state index in [0.717, 1.165) is 43.8 Å². The van der Waals surface area contributed by atoms with Crippen LogP contribution in [0.2, 0.25) is 0 Å². The van der Waals surface area contributed by atoms with Gasteiger partial charge in [0.2, 0.25) is 0 Å². The standard InChI is InChI=1S/C37H21F3O/c38-37(39,40)41-28-18-16-24(17-19-28)35-29-8-1-3-10-31(29)36(32-11-4-2-9-30(32)35)27-20-25-14-12-22-6-5-7-23-13-15-26(21-27)34(25)33(22)23/h1-21H. The van der Waals surface area contributed by atoms with Gasteiger partial charge >= 0.3 is 6.36 Å². The molecule has 0 fully saturated rings. The Morgan fingerprint density at radius 1 is 0.415 bits per heavy atom. The van der Waals surface area contributed by atoms with Gasteiger partial charge in [-0.1, -0.05) is 103 Å². The van der Waals surface area contributed by atoms with Crippen molar-refractivity contribution in [2.24, 2.45) is 0 Å². The van der Waals surface area contributed by atoms with E-state index in [4.69, 9.17) is 0 Å². The highest BCUT2D eigenvalue weighted by Crippen LogP contribution is 2.46. The molecule has 0 heterocycles. The summed E-state index contributed by atoms with van der Waals surface area (Å²) in [6.07, 6.45) is -4.73. The van der Waals surface area contributed by atoms with E-state index in [1.165, 1.54) is 44.5 Å². The average Bonchev–Trinajstić information content (AvgIpc) is 2.98. The minimum absolute atomic E-state index is 0.236. The molecule has 0 aliphatic heterocycles. The summed E-state index contributed by atoms with van der Waals surface area (Å²) in [4.78, 5) is 0. The molecule has 0 N–H and O–H groups in total. The van der Waals surface area contributed by atoms with Crippen molar-refractivity contribution in [1.82, 2.24) is 0 Å². The van der Waals surface area contributed by atoms with Crippen molar-refractivity contribution in [3.8, 4) is 28.0 Å². The number of ether oxygens (including phenoxy) is 1. The molecule has 0 aromatic heterocycles. The van der Waals surface area contributed by atoms with Gasteiger partial charge in [0.1, 0.15) is 5.75 Å². The Balaban J connectivity index is 1.41. The van der Waals surface area contributed by atoms with E-state index < -0.39 is 6.36 Å². The predicted molar refractivity (Wildman–Crippen MR) is 163 cm³/mol. The Labute approximate surface area is 233 Å². The lowest BCUT2D eigenvalue weighted by molar-refractivity contribution is -0.274. The van der Waals surface area contributed by atoms with E-state index in [1.54, 1.807) is 12.1 Å². The maximum absolute atomic E-state index is 12.8. The first-order valence-corrected chi connectivity index (χ1v) is 13.4. The summed E-state index contributed by atoms with van der Waals surface area (Å²) >= 11 is 0. The largest absolute Gasteiger partial charge is 0.573 e. The highest BCUT2D eigenvalue weighted by molar-refractivity contribution is 6.26. The fraction of sp³-hybridized carbons (Fsp3) is 0.0270. The molecule has 8 aromatic carbocycles. The van der Waals surface area contributed by atoms with Gasteiger partial charge in [-0.05, 0) is 100 Å². The lowest BCUT2D eigenvalue weighted by atomic mass is 9.84. The first kappa shape index (κ1) is 23.8. The third-order valence-electron chi connectivity index (χ3n) is 8.06. The monoisotopic (exact) mass is 538 g/mol. The number of rotatable bonds is 3.